The Kier molecular flexibility index (Phi) is 11.8. The average Bonchev–Trinajstić information content (AvgIpc) is 2.81. The third kappa shape index (κ3) is 9.27. The number of hydrogen-bond acceptors (Lipinski definition) is 5. The van der Waals surface area contributed by atoms with Crippen molar-refractivity contribution in [1.82, 2.24) is 0 Å². The standard InChI is InChI=1S/C12H12O2P.C7H6O2.C6H14O2/c13-15(14,11-7-3-1-4-8-11)12-9-5-2-6-10-12;8-7(9)6-4-2-1-3-5-6;1-4(5(2)7)6(3)8/h1-10,13-14H;1-5H,(H,8,9);4-8H,1-3H3/q+1;;. The molecule has 172 valence electrons. The van der Waals surface area contributed by atoms with Crippen LogP contribution in [0, 0.1) is 5.92 Å². The van der Waals surface area contributed by atoms with E-state index in [1.54, 1.807) is 92.7 Å². The molecule has 3 rings (SSSR count). The molecule has 0 bridgehead atoms. The Balaban J connectivity index is 0.000000260. The van der Waals surface area contributed by atoms with Gasteiger partial charge in [-0.05, 0) is 50.2 Å². The molecule has 0 aliphatic rings. The minimum Gasteiger partial charge on any atom is -0.478 e. The fraction of sp³-hybridized carbons (Fsp3) is 0.240. The number of aliphatic hydroxyl groups is 2. The summed E-state index contributed by atoms with van der Waals surface area (Å²) in [4.78, 5) is 30.4. The highest BCUT2D eigenvalue weighted by atomic mass is 31.2. The predicted molar refractivity (Wildman–Crippen MR) is 129 cm³/mol. The van der Waals surface area contributed by atoms with Gasteiger partial charge in [0, 0.05) is 5.92 Å². The molecule has 0 radical (unpaired) electrons. The van der Waals surface area contributed by atoms with E-state index in [0.717, 1.165) is 0 Å². The van der Waals surface area contributed by atoms with E-state index in [1.165, 1.54) is 0 Å². The Labute approximate surface area is 190 Å². The Hall–Kier alpha value is -2.60. The first-order valence-corrected chi connectivity index (χ1v) is 11.9. The summed E-state index contributed by atoms with van der Waals surface area (Å²) in [7, 11) is -3.15. The third-order valence-electron chi connectivity index (χ3n) is 4.78. The molecule has 0 amide bonds. The molecule has 5 N–H and O–H groups in total. The highest BCUT2D eigenvalue weighted by molar-refractivity contribution is 7.79. The zero-order valence-corrected chi connectivity index (χ0v) is 19.4. The lowest BCUT2D eigenvalue weighted by atomic mass is 10.0. The Morgan fingerprint density at radius 2 is 0.969 bits per heavy atom. The minimum absolute atomic E-state index is 0.0185. The minimum atomic E-state index is -3.15. The Morgan fingerprint density at radius 1 is 0.656 bits per heavy atom. The van der Waals surface area contributed by atoms with Crippen molar-refractivity contribution in [3.8, 4) is 0 Å². The normalized spacial score (nSPS) is 13.3. The van der Waals surface area contributed by atoms with Gasteiger partial charge in [0.2, 0.25) is 0 Å². The number of rotatable bonds is 5. The first kappa shape index (κ1) is 27.4. The van der Waals surface area contributed by atoms with Crippen LogP contribution in [0.25, 0.3) is 0 Å². The SMILES string of the molecule is CC(O)C(C)C(C)O.O=C(O)c1ccccc1.O[P+](O)(c1ccccc1)c1ccccc1. The number of benzene rings is 3. The molecule has 3 aromatic carbocycles. The summed E-state index contributed by atoms with van der Waals surface area (Å²) in [6, 6.07) is 26.2. The smallest absolute Gasteiger partial charge is 0.335 e. The highest BCUT2D eigenvalue weighted by Crippen LogP contribution is 2.46. The zero-order chi connectivity index (χ0) is 24.1. The molecule has 0 saturated heterocycles. The number of hydrogen-bond donors (Lipinski definition) is 5. The Morgan fingerprint density at radius 3 is 1.19 bits per heavy atom. The molecule has 6 nitrogen and oxygen atoms in total. The van der Waals surface area contributed by atoms with Crippen LogP contribution >= 0.6 is 7.72 Å². The number of carboxylic acid groups (broad SMARTS) is 1. The molecule has 0 aliphatic heterocycles. The van der Waals surface area contributed by atoms with Crippen LogP contribution in [0.1, 0.15) is 31.1 Å². The molecule has 7 heteroatoms. The van der Waals surface area contributed by atoms with Crippen LogP contribution in [-0.2, 0) is 0 Å². The summed E-state index contributed by atoms with van der Waals surface area (Å²) in [5, 5.41) is 27.2. The van der Waals surface area contributed by atoms with E-state index in [2.05, 4.69) is 0 Å². The summed E-state index contributed by atoms with van der Waals surface area (Å²) in [5.74, 6) is -0.898. The van der Waals surface area contributed by atoms with Crippen molar-refractivity contribution in [2.45, 2.75) is 33.0 Å². The van der Waals surface area contributed by atoms with Crippen LogP contribution in [0.15, 0.2) is 91.0 Å². The lowest BCUT2D eigenvalue weighted by Crippen LogP contribution is -2.24. The number of carbonyl (C=O) groups is 1. The van der Waals surface area contributed by atoms with Crippen molar-refractivity contribution in [3.05, 3.63) is 96.6 Å². The maximum atomic E-state index is 10.2. The van der Waals surface area contributed by atoms with Crippen LogP contribution in [0.3, 0.4) is 0 Å². The summed E-state index contributed by atoms with van der Waals surface area (Å²) >= 11 is 0. The van der Waals surface area contributed by atoms with Crippen LogP contribution in [-0.4, -0.2) is 43.3 Å². The molecular formula is C25H32O6P+. The van der Waals surface area contributed by atoms with Crippen LogP contribution in [0.4, 0.5) is 0 Å². The van der Waals surface area contributed by atoms with Gasteiger partial charge in [-0.25, -0.2) is 14.6 Å². The lowest BCUT2D eigenvalue weighted by Gasteiger charge is -2.16. The molecule has 3 aromatic rings. The van der Waals surface area contributed by atoms with Gasteiger partial charge in [0.05, 0.1) is 17.8 Å². The Bertz CT molecular complexity index is 850. The highest BCUT2D eigenvalue weighted by Gasteiger charge is 2.39. The summed E-state index contributed by atoms with van der Waals surface area (Å²) in [6.07, 6.45) is -0.815. The monoisotopic (exact) mass is 459 g/mol. The van der Waals surface area contributed by atoms with Gasteiger partial charge in [0.25, 0.3) is 0 Å². The van der Waals surface area contributed by atoms with E-state index in [1.807, 2.05) is 19.1 Å². The number of carboxylic acids is 1. The predicted octanol–water partition coefficient (Wildman–Crippen LogP) is 3.24. The topological polar surface area (TPSA) is 118 Å². The maximum Gasteiger partial charge on any atom is 0.335 e. The van der Waals surface area contributed by atoms with Crippen LogP contribution in [0.5, 0.6) is 0 Å². The second kappa shape index (κ2) is 13.7. The van der Waals surface area contributed by atoms with Crippen molar-refractivity contribution in [2.75, 3.05) is 0 Å². The summed E-state index contributed by atoms with van der Waals surface area (Å²) < 4.78 is 0. The molecule has 0 spiro atoms. The average molecular weight is 459 g/mol. The van der Waals surface area contributed by atoms with E-state index in [4.69, 9.17) is 15.3 Å². The van der Waals surface area contributed by atoms with Crippen LogP contribution in [0.2, 0.25) is 0 Å². The van der Waals surface area contributed by atoms with Gasteiger partial charge in [-0.15, -0.1) is 0 Å². The molecule has 0 heterocycles. The largest absolute Gasteiger partial charge is 0.478 e. The van der Waals surface area contributed by atoms with Crippen molar-refractivity contribution < 1.29 is 29.9 Å². The molecular weight excluding hydrogens is 427 g/mol. The van der Waals surface area contributed by atoms with E-state index >= 15 is 0 Å². The van der Waals surface area contributed by atoms with E-state index < -0.39 is 25.9 Å². The van der Waals surface area contributed by atoms with E-state index in [9.17, 15) is 14.6 Å². The zero-order valence-electron chi connectivity index (χ0n) is 18.5. The molecule has 2 atom stereocenters. The molecule has 0 saturated carbocycles. The van der Waals surface area contributed by atoms with Crippen molar-refractivity contribution in [3.63, 3.8) is 0 Å². The van der Waals surface area contributed by atoms with Gasteiger partial charge in [-0.1, -0.05) is 61.5 Å². The van der Waals surface area contributed by atoms with Gasteiger partial charge < -0.3 is 15.3 Å². The third-order valence-corrected chi connectivity index (χ3v) is 6.81. The number of aromatic carboxylic acids is 1. The lowest BCUT2D eigenvalue weighted by molar-refractivity contribution is 0.0420. The number of aliphatic hydroxyl groups excluding tert-OH is 2. The van der Waals surface area contributed by atoms with Crippen LogP contribution < -0.4 is 10.6 Å². The quantitative estimate of drug-likeness (QED) is 0.374. The summed E-state index contributed by atoms with van der Waals surface area (Å²) in [5.41, 5.74) is 0.331. The second-order valence-corrected chi connectivity index (χ2v) is 9.52. The fourth-order valence-corrected chi connectivity index (χ4v) is 3.88. The second-order valence-electron chi connectivity index (χ2n) is 7.28. The fourth-order valence-electron chi connectivity index (χ4n) is 2.40. The van der Waals surface area contributed by atoms with Gasteiger partial charge in [0.1, 0.15) is 0 Å². The molecule has 0 aromatic heterocycles. The molecule has 32 heavy (non-hydrogen) atoms. The van der Waals surface area contributed by atoms with Gasteiger partial charge in [-0.3, -0.25) is 0 Å². The summed E-state index contributed by atoms with van der Waals surface area (Å²) in [6.45, 7) is 5.17. The first-order chi connectivity index (χ1) is 15.1. The van der Waals surface area contributed by atoms with Crippen molar-refractivity contribution >= 4 is 24.3 Å². The first-order valence-electron chi connectivity index (χ1n) is 10.2. The van der Waals surface area contributed by atoms with E-state index in [0.29, 0.717) is 16.2 Å². The molecule has 0 aliphatic carbocycles. The van der Waals surface area contributed by atoms with Gasteiger partial charge >= 0.3 is 13.7 Å². The maximum absolute atomic E-state index is 10.2. The van der Waals surface area contributed by atoms with Gasteiger partial charge in [-0.2, -0.15) is 0 Å². The molecule has 0 fully saturated rings. The van der Waals surface area contributed by atoms with Gasteiger partial charge in [0.15, 0.2) is 10.6 Å². The molecule has 2 unspecified atom stereocenters. The van der Waals surface area contributed by atoms with Crippen molar-refractivity contribution in [1.29, 1.82) is 0 Å². The van der Waals surface area contributed by atoms with E-state index in [-0.39, 0.29) is 5.92 Å². The van der Waals surface area contributed by atoms with Crippen molar-refractivity contribution in [2.24, 2.45) is 5.92 Å².